The van der Waals surface area contributed by atoms with Crippen LogP contribution in [0.1, 0.15) is 43.6 Å². The number of nitrogens with two attached hydrogens (primary N) is 1. The highest BCUT2D eigenvalue weighted by Gasteiger charge is 2.21. The molecule has 2 aromatic rings. The van der Waals surface area contributed by atoms with Gasteiger partial charge in [-0.25, -0.2) is 4.79 Å². The molecule has 1 fully saturated rings. The number of nitrogens with one attached hydrogen (secondary N) is 2. The molecule has 1 aliphatic carbocycles. The first-order valence-corrected chi connectivity index (χ1v) is 9.36. The Morgan fingerprint density at radius 3 is 2.92 bits per heavy atom. The largest absolute Gasteiger partial charge is 0.506 e. The summed E-state index contributed by atoms with van der Waals surface area (Å²) in [5.74, 6) is -0.0632. The SMILES string of the molecule is NC(=O)OCC(CCNC1CCCC1)c1ccc(O)c2[nH]c(=O)sc12. The van der Waals surface area contributed by atoms with Crippen LogP contribution < -0.4 is 15.9 Å². The first kappa shape index (κ1) is 17.8. The summed E-state index contributed by atoms with van der Waals surface area (Å²) < 4.78 is 5.73. The molecule has 0 aliphatic heterocycles. The summed E-state index contributed by atoms with van der Waals surface area (Å²) in [5.41, 5.74) is 6.43. The maximum absolute atomic E-state index is 11.7. The van der Waals surface area contributed by atoms with Gasteiger partial charge in [0.25, 0.3) is 0 Å². The number of primary amides is 1. The zero-order valence-electron chi connectivity index (χ0n) is 13.9. The fourth-order valence-electron chi connectivity index (χ4n) is 3.46. The number of amides is 1. The van der Waals surface area contributed by atoms with Gasteiger partial charge in [0.2, 0.25) is 0 Å². The molecule has 8 heteroatoms. The summed E-state index contributed by atoms with van der Waals surface area (Å²) in [7, 11) is 0. The van der Waals surface area contributed by atoms with Gasteiger partial charge >= 0.3 is 11.0 Å². The molecule has 1 aromatic heterocycles. The third-order valence-electron chi connectivity index (χ3n) is 4.74. The van der Waals surface area contributed by atoms with Gasteiger partial charge in [-0.15, -0.1) is 0 Å². The number of H-pyrrole nitrogens is 1. The van der Waals surface area contributed by atoms with Crippen molar-refractivity contribution in [1.29, 1.82) is 0 Å². The van der Waals surface area contributed by atoms with Crippen LogP contribution in [0.25, 0.3) is 10.2 Å². The average molecular weight is 365 g/mol. The standard InChI is InChI=1S/C17H23N3O4S/c18-16(22)24-9-10(7-8-19-11-3-1-2-4-11)12-5-6-13(21)14-15(12)25-17(23)20-14/h5-6,10-11,19,21H,1-4,7-9H2,(H2,18,22)(H,20,23). The second-order valence-electron chi connectivity index (χ2n) is 6.44. The molecule has 1 atom stereocenters. The van der Waals surface area contributed by atoms with Crippen LogP contribution in [0.3, 0.4) is 0 Å². The van der Waals surface area contributed by atoms with Crippen LogP contribution in [0.15, 0.2) is 16.9 Å². The van der Waals surface area contributed by atoms with Gasteiger partial charge in [-0.2, -0.15) is 0 Å². The highest BCUT2D eigenvalue weighted by Crippen LogP contribution is 2.33. The Morgan fingerprint density at radius 2 is 2.20 bits per heavy atom. The van der Waals surface area contributed by atoms with Crippen LogP contribution >= 0.6 is 11.3 Å². The Morgan fingerprint density at radius 1 is 1.44 bits per heavy atom. The lowest BCUT2D eigenvalue weighted by molar-refractivity contribution is 0.147. The van der Waals surface area contributed by atoms with E-state index in [0.717, 1.165) is 29.9 Å². The van der Waals surface area contributed by atoms with E-state index in [9.17, 15) is 14.7 Å². The number of carbonyl (C=O) groups excluding carboxylic acids is 1. The van der Waals surface area contributed by atoms with Crippen LogP contribution in [0.5, 0.6) is 5.75 Å². The summed E-state index contributed by atoms with van der Waals surface area (Å²) in [5, 5.41) is 13.5. The lowest BCUT2D eigenvalue weighted by atomic mass is 9.95. The van der Waals surface area contributed by atoms with Gasteiger partial charge < -0.3 is 25.9 Å². The number of phenols is 1. The molecule has 0 radical (unpaired) electrons. The third kappa shape index (κ3) is 4.32. The normalized spacial score (nSPS) is 16.3. The first-order chi connectivity index (χ1) is 12.0. The minimum atomic E-state index is -0.814. The number of aromatic amines is 1. The summed E-state index contributed by atoms with van der Waals surface area (Å²) in [4.78, 5) is 25.2. The van der Waals surface area contributed by atoms with Crippen LogP contribution in [-0.4, -0.2) is 35.4 Å². The number of hydrogen-bond acceptors (Lipinski definition) is 6. The molecule has 0 saturated heterocycles. The van der Waals surface area contributed by atoms with E-state index in [4.69, 9.17) is 10.5 Å². The van der Waals surface area contributed by atoms with Crippen molar-refractivity contribution in [2.24, 2.45) is 5.73 Å². The molecule has 3 rings (SSSR count). The molecule has 7 nitrogen and oxygen atoms in total. The predicted octanol–water partition coefficient (Wildman–Crippen LogP) is 2.40. The van der Waals surface area contributed by atoms with Gasteiger partial charge in [-0.3, -0.25) is 4.79 Å². The minimum Gasteiger partial charge on any atom is -0.506 e. The smallest absolute Gasteiger partial charge is 0.404 e. The number of benzene rings is 1. The zero-order valence-corrected chi connectivity index (χ0v) is 14.7. The number of aromatic nitrogens is 1. The quantitative estimate of drug-likeness (QED) is 0.601. The number of hydrogen-bond donors (Lipinski definition) is 4. The van der Waals surface area contributed by atoms with Gasteiger partial charge in [0.1, 0.15) is 17.9 Å². The Hall–Kier alpha value is -2.06. The van der Waals surface area contributed by atoms with Crippen molar-refractivity contribution < 1.29 is 14.6 Å². The van der Waals surface area contributed by atoms with Crippen molar-refractivity contribution in [3.05, 3.63) is 27.4 Å². The maximum atomic E-state index is 11.7. The van der Waals surface area contributed by atoms with Crippen molar-refractivity contribution in [3.63, 3.8) is 0 Å². The fraction of sp³-hybridized carbons (Fsp3) is 0.529. The predicted molar refractivity (Wildman–Crippen MR) is 97.3 cm³/mol. The molecule has 1 heterocycles. The van der Waals surface area contributed by atoms with Crippen LogP contribution in [0.2, 0.25) is 0 Å². The number of thiazole rings is 1. The summed E-state index contributed by atoms with van der Waals surface area (Å²) in [6, 6.07) is 3.90. The highest BCUT2D eigenvalue weighted by molar-refractivity contribution is 7.16. The summed E-state index contributed by atoms with van der Waals surface area (Å²) in [6.07, 6.45) is 4.86. The van der Waals surface area contributed by atoms with E-state index in [1.807, 2.05) is 0 Å². The van der Waals surface area contributed by atoms with Crippen molar-refractivity contribution in [2.75, 3.05) is 13.2 Å². The Labute approximate surface area is 149 Å². The number of phenolic OH excluding ortho intramolecular Hbond substituents is 1. The van der Waals surface area contributed by atoms with Gasteiger partial charge in [-0.05, 0) is 37.4 Å². The molecule has 1 unspecified atom stereocenters. The third-order valence-corrected chi connectivity index (χ3v) is 5.67. The van der Waals surface area contributed by atoms with Crippen LogP contribution in [0.4, 0.5) is 4.79 Å². The second-order valence-corrected chi connectivity index (χ2v) is 7.43. The number of rotatable bonds is 7. The van der Waals surface area contributed by atoms with Crippen LogP contribution in [-0.2, 0) is 4.74 Å². The lowest BCUT2D eigenvalue weighted by Gasteiger charge is -2.19. The van der Waals surface area contributed by atoms with Gasteiger partial charge in [0.15, 0.2) is 0 Å². The lowest BCUT2D eigenvalue weighted by Crippen LogP contribution is -2.29. The zero-order chi connectivity index (χ0) is 17.8. The van der Waals surface area contributed by atoms with Crippen molar-refractivity contribution >= 4 is 27.6 Å². The maximum Gasteiger partial charge on any atom is 0.404 e. The Kier molecular flexibility index (Phi) is 5.60. The molecule has 1 amide bonds. The Bertz CT molecular complexity index is 795. The van der Waals surface area contributed by atoms with Crippen molar-refractivity contribution in [1.82, 2.24) is 10.3 Å². The first-order valence-electron chi connectivity index (χ1n) is 8.55. The molecule has 1 aromatic carbocycles. The summed E-state index contributed by atoms with van der Waals surface area (Å²) in [6.45, 7) is 0.937. The van der Waals surface area contributed by atoms with Gasteiger partial charge in [0.05, 0.1) is 4.70 Å². The van der Waals surface area contributed by atoms with E-state index >= 15 is 0 Å². The molecule has 1 aliphatic rings. The molecule has 0 bridgehead atoms. The molecule has 5 N–H and O–H groups in total. The molecular formula is C17H23N3O4S. The number of aromatic hydroxyl groups is 1. The van der Waals surface area contributed by atoms with E-state index in [1.165, 1.54) is 25.7 Å². The van der Waals surface area contributed by atoms with E-state index in [0.29, 0.717) is 16.3 Å². The fourth-order valence-corrected chi connectivity index (χ4v) is 4.41. The van der Waals surface area contributed by atoms with E-state index in [-0.39, 0.29) is 23.1 Å². The second kappa shape index (κ2) is 7.88. The molecule has 1 saturated carbocycles. The van der Waals surface area contributed by atoms with E-state index in [2.05, 4.69) is 10.3 Å². The highest BCUT2D eigenvalue weighted by atomic mass is 32.1. The van der Waals surface area contributed by atoms with E-state index in [1.54, 1.807) is 12.1 Å². The van der Waals surface area contributed by atoms with Gasteiger partial charge in [-0.1, -0.05) is 30.2 Å². The molecular weight excluding hydrogens is 342 g/mol. The van der Waals surface area contributed by atoms with Crippen molar-refractivity contribution in [3.8, 4) is 5.75 Å². The van der Waals surface area contributed by atoms with Crippen LogP contribution in [0, 0.1) is 0 Å². The summed E-state index contributed by atoms with van der Waals surface area (Å²) >= 11 is 1.05. The van der Waals surface area contributed by atoms with Gasteiger partial charge in [0, 0.05) is 12.0 Å². The average Bonchev–Trinajstić information content (AvgIpc) is 3.21. The minimum absolute atomic E-state index is 0.0377. The van der Waals surface area contributed by atoms with E-state index < -0.39 is 6.09 Å². The molecule has 25 heavy (non-hydrogen) atoms. The molecule has 136 valence electrons. The van der Waals surface area contributed by atoms with Crippen molar-refractivity contribution in [2.45, 2.75) is 44.1 Å². The molecule has 0 spiro atoms. The number of carbonyl (C=O) groups is 1. The number of ether oxygens (including phenoxy) is 1. The topological polar surface area (TPSA) is 117 Å². The number of fused-ring (bicyclic) bond motifs is 1. The monoisotopic (exact) mass is 365 g/mol. The Balaban J connectivity index is 1.79.